The first kappa shape index (κ1) is 23.5. The monoisotopic (exact) mass is 452 g/mol. The van der Waals surface area contributed by atoms with Gasteiger partial charge >= 0.3 is 0 Å². The van der Waals surface area contributed by atoms with Crippen molar-refractivity contribution in [3.63, 3.8) is 0 Å². The number of imidazole rings is 1. The zero-order valence-electron chi connectivity index (χ0n) is 19.6. The van der Waals surface area contributed by atoms with Crippen LogP contribution in [-0.4, -0.2) is 52.5 Å². The molecule has 4 rings (SSSR count). The first-order valence-electron chi connectivity index (χ1n) is 12.3. The summed E-state index contributed by atoms with van der Waals surface area (Å²) in [6.45, 7) is 3.85. The van der Waals surface area contributed by atoms with Gasteiger partial charge in [-0.3, -0.25) is 9.59 Å². The molecule has 1 aliphatic carbocycles. The number of hydrogen-bond donors (Lipinski definition) is 2. The van der Waals surface area contributed by atoms with E-state index >= 15 is 0 Å². The molecule has 0 bridgehead atoms. The Morgan fingerprint density at radius 2 is 1.94 bits per heavy atom. The second-order valence-corrected chi connectivity index (χ2v) is 9.50. The summed E-state index contributed by atoms with van der Waals surface area (Å²) in [4.78, 5) is 36.1. The molecule has 1 aromatic heterocycles. The molecule has 1 saturated heterocycles. The topological polar surface area (TPSA) is 87.3 Å². The fraction of sp³-hybridized carbons (Fsp3) is 0.577. The molecule has 7 nitrogen and oxygen atoms in total. The van der Waals surface area contributed by atoms with Crippen LogP contribution in [-0.2, 0) is 20.7 Å². The molecular weight excluding hydrogens is 416 g/mol. The quantitative estimate of drug-likeness (QED) is 0.607. The maximum absolute atomic E-state index is 13.6. The molecule has 7 heteroatoms. The number of nitrogens with zero attached hydrogens (tertiary/aromatic N) is 2. The number of H-pyrrole nitrogens is 1. The largest absolute Gasteiger partial charge is 0.376 e. The molecule has 1 aromatic carbocycles. The zero-order chi connectivity index (χ0) is 23.0. The summed E-state index contributed by atoms with van der Waals surface area (Å²) in [5, 5.41) is 3.09. The number of benzene rings is 1. The average Bonchev–Trinajstić information content (AvgIpc) is 3.53. The first-order valence-corrected chi connectivity index (χ1v) is 12.3. The van der Waals surface area contributed by atoms with Gasteiger partial charge < -0.3 is 19.9 Å². The summed E-state index contributed by atoms with van der Waals surface area (Å²) in [6.07, 6.45) is 11.3. The van der Waals surface area contributed by atoms with Gasteiger partial charge in [-0.1, -0.05) is 49.1 Å². The van der Waals surface area contributed by atoms with Crippen molar-refractivity contribution in [2.24, 2.45) is 5.92 Å². The van der Waals surface area contributed by atoms with Crippen LogP contribution in [0.25, 0.3) is 0 Å². The number of nitrogens with one attached hydrogen (secondary N) is 2. The summed E-state index contributed by atoms with van der Waals surface area (Å²) in [7, 11) is 0. The highest BCUT2D eigenvalue weighted by atomic mass is 16.5. The average molecular weight is 453 g/mol. The molecule has 2 heterocycles. The molecule has 0 radical (unpaired) electrons. The zero-order valence-corrected chi connectivity index (χ0v) is 19.6. The van der Waals surface area contributed by atoms with Gasteiger partial charge in [0.05, 0.1) is 18.9 Å². The van der Waals surface area contributed by atoms with Crippen LogP contribution in [0.4, 0.5) is 0 Å². The van der Waals surface area contributed by atoms with E-state index in [2.05, 4.69) is 15.3 Å². The number of aromatic amines is 1. The van der Waals surface area contributed by atoms with Gasteiger partial charge in [-0.15, -0.1) is 0 Å². The van der Waals surface area contributed by atoms with E-state index in [4.69, 9.17) is 4.74 Å². The molecule has 33 heavy (non-hydrogen) atoms. The van der Waals surface area contributed by atoms with Crippen molar-refractivity contribution in [2.75, 3.05) is 19.7 Å². The standard InChI is InChI=1S/C26H36N4O3/c1-19-9-11-21(12-10-19)25(26(32)28-16-23-8-5-13-33-23)30(17-20-6-3-2-4-7-20)24(31)14-22-15-27-18-29-22/h9-12,15,18,20,23,25H,2-8,13-14,16-17H2,1H3,(H,27,29)(H,28,32). The molecular formula is C26H36N4O3. The summed E-state index contributed by atoms with van der Waals surface area (Å²) in [5.74, 6) is 0.231. The third kappa shape index (κ3) is 6.44. The van der Waals surface area contributed by atoms with E-state index in [-0.39, 0.29) is 24.3 Å². The summed E-state index contributed by atoms with van der Waals surface area (Å²) in [6, 6.07) is 7.30. The number of carbonyl (C=O) groups excluding carboxylic acids is 2. The highest BCUT2D eigenvalue weighted by Gasteiger charge is 2.34. The van der Waals surface area contributed by atoms with Gasteiger partial charge in [0, 0.05) is 31.6 Å². The molecule has 2 atom stereocenters. The smallest absolute Gasteiger partial charge is 0.247 e. The van der Waals surface area contributed by atoms with Crippen molar-refractivity contribution in [2.45, 2.75) is 70.4 Å². The Morgan fingerprint density at radius 1 is 1.15 bits per heavy atom. The predicted molar refractivity (Wildman–Crippen MR) is 126 cm³/mol. The molecule has 1 saturated carbocycles. The maximum Gasteiger partial charge on any atom is 0.247 e. The molecule has 2 amide bonds. The van der Waals surface area contributed by atoms with Gasteiger partial charge in [-0.2, -0.15) is 0 Å². The van der Waals surface area contributed by atoms with Gasteiger partial charge in [0.25, 0.3) is 0 Å². The molecule has 2 N–H and O–H groups in total. The lowest BCUT2D eigenvalue weighted by atomic mass is 9.88. The van der Waals surface area contributed by atoms with Gasteiger partial charge in [-0.05, 0) is 44.1 Å². The summed E-state index contributed by atoms with van der Waals surface area (Å²) in [5.41, 5.74) is 2.73. The van der Waals surface area contributed by atoms with Crippen molar-refractivity contribution >= 4 is 11.8 Å². The lowest BCUT2D eigenvalue weighted by Gasteiger charge is -2.35. The summed E-state index contributed by atoms with van der Waals surface area (Å²) < 4.78 is 5.70. The fourth-order valence-electron chi connectivity index (χ4n) is 4.98. The molecule has 1 aliphatic heterocycles. The van der Waals surface area contributed by atoms with E-state index in [1.807, 2.05) is 36.1 Å². The summed E-state index contributed by atoms with van der Waals surface area (Å²) >= 11 is 0. The van der Waals surface area contributed by atoms with Crippen molar-refractivity contribution in [1.29, 1.82) is 0 Å². The third-order valence-electron chi connectivity index (χ3n) is 6.88. The highest BCUT2D eigenvalue weighted by molar-refractivity contribution is 5.89. The van der Waals surface area contributed by atoms with Crippen LogP contribution in [0.1, 0.15) is 67.8 Å². The lowest BCUT2D eigenvalue weighted by molar-refractivity contribution is -0.141. The number of amides is 2. The van der Waals surface area contributed by atoms with Gasteiger partial charge in [-0.25, -0.2) is 4.98 Å². The van der Waals surface area contributed by atoms with Gasteiger partial charge in [0.15, 0.2) is 0 Å². The van der Waals surface area contributed by atoms with Crippen LogP contribution in [0.3, 0.4) is 0 Å². The molecule has 2 fully saturated rings. The van der Waals surface area contributed by atoms with Crippen LogP contribution >= 0.6 is 0 Å². The van der Waals surface area contributed by atoms with E-state index in [1.165, 1.54) is 19.3 Å². The number of hydrogen-bond acceptors (Lipinski definition) is 4. The predicted octanol–water partition coefficient (Wildman–Crippen LogP) is 3.71. The minimum absolute atomic E-state index is 0.0531. The first-order chi connectivity index (χ1) is 16.1. The fourth-order valence-corrected chi connectivity index (χ4v) is 4.98. The number of aryl methyl sites for hydroxylation is 1. The van der Waals surface area contributed by atoms with E-state index in [0.29, 0.717) is 19.0 Å². The van der Waals surface area contributed by atoms with E-state index < -0.39 is 6.04 Å². The van der Waals surface area contributed by atoms with Crippen molar-refractivity contribution < 1.29 is 14.3 Å². The Hall–Kier alpha value is -2.67. The SMILES string of the molecule is Cc1ccc(C(C(=O)NCC2CCCO2)N(CC2CCCCC2)C(=O)Cc2cnc[nH]2)cc1. The Morgan fingerprint density at radius 3 is 2.61 bits per heavy atom. The number of rotatable bonds is 9. The Balaban J connectivity index is 1.59. The van der Waals surface area contributed by atoms with Crippen LogP contribution in [0.15, 0.2) is 36.8 Å². The molecule has 2 aromatic rings. The van der Waals surface area contributed by atoms with Crippen LogP contribution in [0, 0.1) is 12.8 Å². The van der Waals surface area contributed by atoms with Gasteiger partial charge in [0.1, 0.15) is 6.04 Å². The molecule has 2 unspecified atom stereocenters. The van der Waals surface area contributed by atoms with E-state index in [9.17, 15) is 9.59 Å². The Bertz CT molecular complexity index is 885. The third-order valence-corrected chi connectivity index (χ3v) is 6.88. The van der Waals surface area contributed by atoms with Crippen molar-refractivity contribution in [3.05, 3.63) is 53.6 Å². The van der Waals surface area contributed by atoms with Crippen LogP contribution in [0.2, 0.25) is 0 Å². The Labute approximate surface area is 196 Å². The van der Waals surface area contributed by atoms with Crippen molar-refractivity contribution in [1.82, 2.24) is 20.2 Å². The van der Waals surface area contributed by atoms with E-state index in [1.54, 1.807) is 12.5 Å². The molecule has 0 spiro atoms. The second-order valence-electron chi connectivity index (χ2n) is 9.50. The highest BCUT2D eigenvalue weighted by Crippen LogP contribution is 2.30. The molecule has 2 aliphatic rings. The van der Waals surface area contributed by atoms with Crippen molar-refractivity contribution in [3.8, 4) is 0 Å². The van der Waals surface area contributed by atoms with E-state index in [0.717, 1.165) is 49.1 Å². The number of carbonyl (C=O) groups is 2. The molecule has 178 valence electrons. The van der Waals surface area contributed by atoms with Gasteiger partial charge in [0.2, 0.25) is 11.8 Å². The Kier molecular flexibility index (Phi) is 8.15. The minimum Gasteiger partial charge on any atom is -0.376 e. The number of aromatic nitrogens is 2. The lowest BCUT2D eigenvalue weighted by Crippen LogP contribution is -2.47. The second kappa shape index (κ2) is 11.5. The normalized spacial score (nSPS) is 19.8. The minimum atomic E-state index is -0.663. The number of ether oxygens (including phenoxy) is 1. The van der Waals surface area contributed by atoms with Crippen LogP contribution < -0.4 is 5.32 Å². The maximum atomic E-state index is 13.6. The van der Waals surface area contributed by atoms with Crippen LogP contribution in [0.5, 0.6) is 0 Å².